The maximum Gasteiger partial charge on any atom is 0.0186 e. The van der Waals surface area contributed by atoms with Crippen LogP contribution in [0.2, 0.25) is 0 Å². The molecule has 1 aliphatic carbocycles. The van der Waals surface area contributed by atoms with Gasteiger partial charge in [0.25, 0.3) is 0 Å². The molecule has 3 atom stereocenters. The van der Waals surface area contributed by atoms with Crippen molar-refractivity contribution in [2.45, 2.75) is 38.6 Å². The summed E-state index contributed by atoms with van der Waals surface area (Å²) >= 11 is 0. The Hall–Kier alpha value is -0.300. The molecule has 2 aliphatic rings. The lowest BCUT2D eigenvalue weighted by Crippen LogP contribution is -2.47. The standard InChI is InChI=1S/C12H21N/c1-3-10-6-4-7-11-8-5-9-13(2)12(10)11/h5,8,10-12H,3-4,6-7,9H2,1-2H3. The fourth-order valence-corrected chi connectivity index (χ4v) is 3.17. The third-order valence-corrected chi connectivity index (χ3v) is 3.84. The van der Waals surface area contributed by atoms with Gasteiger partial charge in [-0.25, -0.2) is 0 Å². The molecule has 3 unspecified atom stereocenters. The van der Waals surface area contributed by atoms with Crippen molar-refractivity contribution in [2.24, 2.45) is 11.8 Å². The highest BCUT2D eigenvalue weighted by Crippen LogP contribution is 2.36. The first-order valence-corrected chi connectivity index (χ1v) is 5.70. The van der Waals surface area contributed by atoms with Gasteiger partial charge >= 0.3 is 0 Å². The normalized spacial score (nSPS) is 40.3. The van der Waals surface area contributed by atoms with Gasteiger partial charge in [0.2, 0.25) is 0 Å². The molecule has 1 heteroatoms. The second-order valence-electron chi connectivity index (χ2n) is 4.62. The summed E-state index contributed by atoms with van der Waals surface area (Å²) in [5.41, 5.74) is 0. The lowest BCUT2D eigenvalue weighted by Gasteiger charge is -2.44. The lowest BCUT2D eigenvalue weighted by molar-refractivity contribution is 0.0935. The van der Waals surface area contributed by atoms with Gasteiger partial charge in [-0.2, -0.15) is 0 Å². The maximum atomic E-state index is 2.55. The van der Waals surface area contributed by atoms with Crippen LogP contribution in [0.4, 0.5) is 0 Å². The molecule has 0 radical (unpaired) electrons. The highest BCUT2D eigenvalue weighted by atomic mass is 15.1. The Bertz CT molecular complexity index is 197. The van der Waals surface area contributed by atoms with Crippen molar-refractivity contribution in [1.82, 2.24) is 4.90 Å². The van der Waals surface area contributed by atoms with E-state index < -0.39 is 0 Å². The van der Waals surface area contributed by atoms with Crippen LogP contribution in [0.3, 0.4) is 0 Å². The smallest absolute Gasteiger partial charge is 0.0186 e. The highest BCUT2D eigenvalue weighted by molar-refractivity contribution is 5.05. The minimum Gasteiger partial charge on any atom is -0.299 e. The monoisotopic (exact) mass is 179 g/mol. The summed E-state index contributed by atoms with van der Waals surface area (Å²) < 4.78 is 0. The number of hydrogen-bond donors (Lipinski definition) is 0. The summed E-state index contributed by atoms with van der Waals surface area (Å²) in [5, 5.41) is 0. The van der Waals surface area contributed by atoms with Gasteiger partial charge in [-0.15, -0.1) is 0 Å². The molecule has 0 aromatic heterocycles. The van der Waals surface area contributed by atoms with Gasteiger partial charge in [0.15, 0.2) is 0 Å². The predicted molar refractivity (Wildman–Crippen MR) is 56.7 cm³/mol. The van der Waals surface area contributed by atoms with E-state index in [1.54, 1.807) is 0 Å². The molecule has 74 valence electrons. The van der Waals surface area contributed by atoms with Crippen LogP contribution in [0.1, 0.15) is 32.6 Å². The molecule has 1 heterocycles. The van der Waals surface area contributed by atoms with Gasteiger partial charge < -0.3 is 0 Å². The molecule has 1 saturated carbocycles. The van der Waals surface area contributed by atoms with E-state index in [0.717, 1.165) is 24.4 Å². The first kappa shape index (κ1) is 9.26. The average Bonchev–Trinajstić information content (AvgIpc) is 2.17. The second kappa shape index (κ2) is 3.83. The number of rotatable bonds is 1. The number of nitrogens with zero attached hydrogens (tertiary/aromatic N) is 1. The third kappa shape index (κ3) is 1.67. The van der Waals surface area contributed by atoms with Gasteiger partial charge in [0.1, 0.15) is 0 Å². The summed E-state index contributed by atoms with van der Waals surface area (Å²) in [6, 6.07) is 0.851. The zero-order valence-electron chi connectivity index (χ0n) is 8.87. The largest absolute Gasteiger partial charge is 0.299 e. The maximum absolute atomic E-state index is 2.55. The van der Waals surface area contributed by atoms with Crippen LogP contribution in [0, 0.1) is 11.8 Å². The van der Waals surface area contributed by atoms with Gasteiger partial charge in [-0.1, -0.05) is 31.9 Å². The van der Waals surface area contributed by atoms with Crippen molar-refractivity contribution in [3.05, 3.63) is 12.2 Å². The first-order valence-electron chi connectivity index (χ1n) is 5.70. The van der Waals surface area contributed by atoms with Crippen molar-refractivity contribution in [3.63, 3.8) is 0 Å². The van der Waals surface area contributed by atoms with E-state index in [9.17, 15) is 0 Å². The van der Waals surface area contributed by atoms with E-state index in [1.165, 1.54) is 25.7 Å². The number of likely N-dealkylation sites (N-methyl/N-ethyl adjacent to an activating group) is 1. The van der Waals surface area contributed by atoms with Gasteiger partial charge in [0, 0.05) is 12.6 Å². The topological polar surface area (TPSA) is 3.24 Å². The van der Waals surface area contributed by atoms with Crippen molar-refractivity contribution in [1.29, 1.82) is 0 Å². The van der Waals surface area contributed by atoms with Crippen molar-refractivity contribution in [3.8, 4) is 0 Å². The molecule has 2 rings (SSSR count). The molecule has 0 amide bonds. The molecule has 0 spiro atoms. The van der Waals surface area contributed by atoms with E-state index in [-0.39, 0.29) is 0 Å². The minimum absolute atomic E-state index is 0.851. The van der Waals surface area contributed by atoms with Crippen LogP contribution in [-0.4, -0.2) is 24.5 Å². The van der Waals surface area contributed by atoms with Gasteiger partial charge in [-0.05, 0) is 31.7 Å². The second-order valence-corrected chi connectivity index (χ2v) is 4.62. The van der Waals surface area contributed by atoms with Crippen molar-refractivity contribution >= 4 is 0 Å². The van der Waals surface area contributed by atoms with E-state index in [1.807, 2.05) is 0 Å². The molecule has 1 aliphatic heterocycles. The quantitative estimate of drug-likeness (QED) is 0.559. The fourth-order valence-electron chi connectivity index (χ4n) is 3.17. The van der Waals surface area contributed by atoms with Crippen LogP contribution in [0.15, 0.2) is 12.2 Å². The zero-order valence-corrected chi connectivity index (χ0v) is 8.87. The molecule has 1 nitrogen and oxygen atoms in total. The Labute approximate surface area is 81.8 Å². The fraction of sp³-hybridized carbons (Fsp3) is 0.833. The minimum atomic E-state index is 0.851. The van der Waals surface area contributed by atoms with Gasteiger partial charge in [-0.3, -0.25) is 4.90 Å². The Morgan fingerprint density at radius 3 is 3.00 bits per heavy atom. The molecule has 0 aromatic rings. The van der Waals surface area contributed by atoms with Crippen LogP contribution in [-0.2, 0) is 0 Å². The predicted octanol–water partition coefficient (Wildman–Crippen LogP) is 2.68. The average molecular weight is 179 g/mol. The van der Waals surface area contributed by atoms with Crippen molar-refractivity contribution < 1.29 is 0 Å². The molecular weight excluding hydrogens is 158 g/mol. The van der Waals surface area contributed by atoms with Crippen LogP contribution in [0.5, 0.6) is 0 Å². The Balaban J connectivity index is 2.14. The molecule has 13 heavy (non-hydrogen) atoms. The summed E-state index contributed by atoms with van der Waals surface area (Å²) in [4.78, 5) is 2.55. The Morgan fingerprint density at radius 1 is 1.38 bits per heavy atom. The molecule has 0 saturated heterocycles. The molecule has 0 aromatic carbocycles. The van der Waals surface area contributed by atoms with Crippen molar-refractivity contribution in [2.75, 3.05) is 13.6 Å². The highest BCUT2D eigenvalue weighted by Gasteiger charge is 2.34. The van der Waals surface area contributed by atoms with Gasteiger partial charge in [0.05, 0.1) is 0 Å². The number of hydrogen-bond acceptors (Lipinski definition) is 1. The van der Waals surface area contributed by atoms with E-state index >= 15 is 0 Å². The summed E-state index contributed by atoms with van der Waals surface area (Å²) in [6.07, 6.45) is 10.5. The summed E-state index contributed by atoms with van der Waals surface area (Å²) in [7, 11) is 2.29. The Morgan fingerprint density at radius 2 is 2.23 bits per heavy atom. The molecular formula is C12H21N. The van der Waals surface area contributed by atoms with Crippen LogP contribution in [0.25, 0.3) is 0 Å². The SMILES string of the molecule is CCC1CCCC2C=CCN(C)C21. The molecule has 0 bridgehead atoms. The summed E-state index contributed by atoms with van der Waals surface area (Å²) in [5.74, 6) is 1.81. The number of fused-ring (bicyclic) bond motifs is 1. The zero-order chi connectivity index (χ0) is 9.26. The van der Waals surface area contributed by atoms with Crippen LogP contribution < -0.4 is 0 Å². The molecule has 1 fully saturated rings. The lowest BCUT2D eigenvalue weighted by atomic mass is 9.73. The summed E-state index contributed by atoms with van der Waals surface area (Å²) in [6.45, 7) is 3.51. The first-order chi connectivity index (χ1) is 6.33. The van der Waals surface area contributed by atoms with Crippen LogP contribution >= 0.6 is 0 Å². The van der Waals surface area contributed by atoms with E-state index in [2.05, 4.69) is 31.0 Å². The molecule has 0 N–H and O–H groups in total. The van der Waals surface area contributed by atoms with E-state index in [0.29, 0.717) is 0 Å². The third-order valence-electron chi connectivity index (χ3n) is 3.84. The van der Waals surface area contributed by atoms with E-state index in [4.69, 9.17) is 0 Å². The Kier molecular flexibility index (Phi) is 2.73.